The minimum atomic E-state index is -0.389. The fraction of sp³-hybridized carbons (Fsp3) is 0.636. The summed E-state index contributed by atoms with van der Waals surface area (Å²) in [7, 11) is 0. The summed E-state index contributed by atoms with van der Waals surface area (Å²) in [6, 6.07) is 8.32. The molecule has 1 aliphatic carbocycles. The van der Waals surface area contributed by atoms with E-state index in [0.29, 0.717) is 19.4 Å². The van der Waals surface area contributed by atoms with E-state index in [9.17, 15) is 9.18 Å². The first-order valence-electron chi connectivity index (χ1n) is 9.99. The molecule has 0 radical (unpaired) electrons. The van der Waals surface area contributed by atoms with E-state index in [1.165, 1.54) is 37.8 Å². The van der Waals surface area contributed by atoms with Crippen LogP contribution in [0.1, 0.15) is 82.3 Å². The number of nitrogens with zero attached hydrogens (tertiary/aromatic N) is 1. The summed E-state index contributed by atoms with van der Waals surface area (Å²) < 4.78 is 19.3. The lowest BCUT2D eigenvalue weighted by Gasteiger charge is -2.27. The summed E-state index contributed by atoms with van der Waals surface area (Å²) in [6.45, 7) is 0.294. The SMILES string of the molecule is N#CCCO[C@H](c1ccc(F)cc1)[C@H]1CCCCCCCCCCC1=O. The number of Topliss-reactive ketones (excluding diaryl/α,β-unsaturated/α-hetero) is 1. The number of hydrogen-bond donors (Lipinski definition) is 0. The smallest absolute Gasteiger partial charge is 0.138 e. The molecule has 2 atom stereocenters. The van der Waals surface area contributed by atoms with Gasteiger partial charge < -0.3 is 4.74 Å². The molecule has 1 aliphatic rings. The maximum absolute atomic E-state index is 13.3. The normalized spacial score (nSPS) is 21.2. The second kappa shape index (κ2) is 11.8. The van der Waals surface area contributed by atoms with E-state index in [-0.39, 0.29) is 23.6 Å². The van der Waals surface area contributed by atoms with Gasteiger partial charge in [-0.15, -0.1) is 0 Å². The summed E-state index contributed by atoms with van der Waals surface area (Å²) in [5, 5.41) is 8.81. The fourth-order valence-corrected chi connectivity index (χ4v) is 3.72. The van der Waals surface area contributed by atoms with Gasteiger partial charge in [0, 0.05) is 12.3 Å². The summed E-state index contributed by atoms with van der Waals surface area (Å²) in [5.74, 6) is -0.259. The van der Waals surface area contributed by atoms with Crippen molar-refractivity contribution < 1.29 is 13.9 Å². The van der Waals surface area contributed by atoms with E-state index in [0.717, 1.165) is 37.7 Å². The maximum Gasteiger partial charge on any atom is 0.138 e. The van der Waals surface area contributed by atoms with Crippen molar-refractivity contribution in [2.45, 2.75) is 76.7 Å². The van der Waals surface area contributed by atoms with Gasteiger partial charge in [0.1, 0.15) is 11.6 Å². The highest BCUT2D eigenvalue weighted by Crippen LogP contribution is 2.33. The lowest BCUT2D eigenvalue weighted by atomic mass is 9.84. The van der Waals surface area contributed by atoms with E-state index in [1.807, 2.05) is 0 Å². The molecule has 2 rings (SSSR count). The molecule has 26 heavy (non-hydrogen) atoms. The second-order valence-corrected chi connectivity index (χ2v) is 7.19. The van der Waals surface area contributed by atoms with Crippen molar-refractivity contribution in [3.8, 4) is 6.07 Å². The van der Waals surface area contributed by atoms with Crippen LogP contribution in [0, 0.1) is 23.1 Å². The molecule has 0 spiro atoms. The molecule has 3 nitrogen and oxygen atoms in total. The van der Waals surface area contributed by atoms with Crippen molar-refractivity contribution in [3.05, 3.63) is 35.6 Å². The van der Waals surface area contributed by atoms with Crippen molar-refractivity contribution in [3.63, 3.8) is 0 Å². The van der Waals surface area contributed by atoms with Crippen LogP contribution in [-0.4, -0.2) is 12.4 Å². The van der Waals surface area contributed by atoms with Crippen LogP contribution >= 0.6 is 0 Å². The van der Waals surface area contributed by atoms with E-state index >= 15 is 0 Å². The molecule has 0 heterocycles. The Morgan fingerprint density at radius 3 is 2.31 bits per heavy atom. The van der Waals surface area contributed by atoms with Gasteiger partial charge in [-0.3, -0.25) is 4.79 Å². The van der Waals surface area contributed by atoms with Crippen LogP contribution in [0.4, 0.5) is 4.39 Å². The van der Waals surface area contributed by atoms with Gasteiger partial charge in [-0.1, -0.05) is 57.1 Å². The standard InChI is InChI=1S/C22H30FNO2/c23-19-14-12-18(13-15-19)22(26-17-9-16-24)20-10-7-5-3-1-2-4-6-8-11-21(20)25/h12-15,20,22H,1-11,17H2/t20-,22+/m0/s1. The molecule has 0 aromatic heterocycles. The van der Waals surface area contributed by atoms with Crippen LogP contribution in [0.3, 0.4) is 0 Å². The number of benzene rings is 1. The number of ketones is 1. The van der Waals surface area contributed by atoms with Crippen molar-refractivity contribution >= 4 is 5.78 Å². The molecule has 4 heteroatoms. The van der Waals surface area contributed by atoms with Crippen molar-refractivity contribution in [2.24, 2.45) is 5.92 Å². The first kappa shape index (κ1) is 20.6. The third kappa shape index (κ3) is 6.88. The number of rotatable bonds is 5. The summed E-state index contributed by atoms with van der Waals surface area (Å²) >= 11 is 0. The summed E-state index contributed by atoms with van der Waals surface area (Å²) in [4.78, 5) is 12.9. The molecule has 0 saturated heterocycles. The van der Waals surface area contributed by atoms with E-state index in [2.05, 4.69) is 6.07 Å². The minimum Gasteiger partial charge on any atom is -0.372 e. The van der Waals surface area contributed by atoms with E-state index in [1.54, 1.807) is 12.1 Å². The molecule has 142 valence electrons. The Labute approximate surface area is 156 Å². The third-order valence-corrected chi connectivity index (χ3v) is 5.18. The molecular weight excluding hydrogens is 329 g/mol. The van der Waals surface area contributed by atoms with Crippen LogP contribution in [0.5, 0.6) is 0 Å². The number of ether oxygens (including phenoxy) is 1. The molecule has 1 saturated carbocycles. The Morgan fingerprint density at radius 1 is 1.04 bits per heavy atom. The molecule has 0 N–H and O–H groups in total. The zero-order chi connectivity index (χ0) is 18.6. The zero-order valence-corrected chi connectivity index (χ0v) is 15.6. The van der Waals surface area contributed by atoms with Crippen LogP contribution in [0.15, 0.2) is 24.3 Å². The molecular formula is C22H30FNO2. The molecule has 1 aromatic carbocycles. The van der Waals surface area contributed by atoms with E-state index in [4.69, 9.17) is 10.00 Å². The zero-order valence-electron chi connectivity index (χ0n) is 15.6. The molecule has 1 fully saturated rings. The van der Waals surface area contributed by atoms with Crippen LogP contribution in [0.25, 0.3) is 0 Å². The van der Waals surface area contributed by atoms with Gasteiger partial charge in [-0.05, 0) is 30.5 Å². The quantitative estimate of drug-likeness (QED) is 0.615. The van der Waals surface area contributed by atoms with Crippen molar-refractivity contribution in [1.29, 1.82) is 5.26 Å². The highest BCUT2D eigenvalue weighted by molar-refractivity contribution is 5.81. The van der Waals surface area contributed by atoms with Crippen molar-refractivity contribution in [2.75, 3.05) is 6.61 Å². The van der Waals surface area contributed by atoms with Crippen LogP contribution in [0.2, 0.25) is 0 Å². The monoisotopic (exact) mass is 359 g/mol. The molecule has 0 bridgehead atoms. The predicted octanol–water partition coefficient (Wildman–Crippen LogP) is 5.90. The predicted molar refractivity (Wildman–Crippen MR) is 100.0 cm³/mol. The molecule has 1 aromatic rings. The van der Waals surface area contributed by atoms with Crippen LogP contribution in [-0.2, 0) is 9.53 Å². The number of carbonyl (C=O) groups is 1. The maximum atomic E-state index is 13.3. The minimum absolute atomic E-state index is 0.210. The van der Waals surface area contributed by atoms with E-state index < -0.39 is 0 Å². The van der Waals surface area contributed by atoms with Gasteiger partial charge in [-0.25, -0.2) is 4.39 Å². The number of hydrogen-bond acceptors (Lipinski definition) is 3. The number of nitriles is 1. The highest BCUT2D eigenvalue weighted by Gasteiger charge is 2.29. The molecule has 0 aliphatic heterocycles. The second-order valence-electron chi connectivity index (χ2n) is 7.19. The van der Waals surface area contributed by atoms with Gasteiger partial charge in [0.15, 0.2) is 0 Å². The number of carbonyl (C=O) groups excluding carboxylic acids is 1. The summed E-state index contributed by atoms with van der Waals surface area (Å²) in [5.41, 5.74) is 0.829. The van der Waals surface area contributed by atoms with Gasteiger partial charge in [-0.2, -0.15) is 5.26 Å². The average Bonchev–Trinajstić information content (AvgIpc) is 2.64. The van der Waals surface area contributed by atoms with Crippen LogP contribution < -0.4 is 0 Å². The molecule has 0 amide bonds. The summed E-state index contributed by atoms with van der Waals surface area (Å²) in [6.07, 6.45) is 10.4. The topological polar surface area (TPSA) is 50.1 Å². The van der Waals surface area contributed by atoms with Gasteiger partial charge in [0.2, 0.25) is 0 Å². The lowest BCUT2D eigenvalue weighted by Crippen LogP contribution is -2.25. The Balaban J connectivity index is 2.16. The van der Waals surface area contributed by atoms with Gasteiger partial charge in [0.05, 0.1) is 25.2 Å². The van der Waals surface area contributed by atoms with Crippen molar-refractivity contribution in [1.82, 2.24) is 0 Å². The first-order valence-corrected chi connectivity index (χ1v) is 9.99. The van der Waals surface area contributed by atoms with Gasteiger partial charge in [0.25, 0.3) is 0 Å². The van der Waals surface area contributed by atoms with Gasteiger partial charge >= 0.3 is 0 Å². The first-order chi connectivity index (χ1) is 12.7. The average molecular weight is 359 g/mol. The Kier molecular flexibility index (Phi) is 9.34. The Hall–Kier alpha value is -1.73. The Bertz CT molecular complexity index is 579. The lowest BCUT2D eigenvalue weighted by molar-refractivity contribution is -0.129. The largest absolute Gasteiger partial charge is 0.372 e. The molecule has 0 unspecified atom stereocenters. The number of halogens is 1. The fourth-order valence-electron chi connectivity index (χ4n) is 3.72. The Morgan fingerprint density at radius 2 is 1.65 bits per heavy atom. The highest BCUT2D eigenvalue weighted by atomic mass is 19.1. The third-order valence-electron chi connectivity index (χ3n) is 5.18.